The van der Waals surface area contributed by atoms with Crippen molar-refractivity contribution in [1.82, 2.24) is 15.0 Å². The normalized spacial score (nSPS) is 24.3. The van der Waals surface area contributed by atoms with Crippen molar-refractivity contribution in [1.29, 1.82) is 0 Å². The molecule has 1 atom stereocenters. The minimum absolute atomic E-state index is 0.0156. The van der Waals surface area contributed by atoms with Crippen molar-refractivity contribution >= 4 is 17.7 Å². The number of halogens is 1. The van der Waals surface area contributed by atoms with Gasteiger partial charge in [-0.1, -0.05) is 0 Å². The fourth-order valence-electron chi connectivity index (χ4n) is 4.07. The number of aromatic nitrogens is 3. The Morgan fingerprint density at radius 1 is 1.17 bits per heavy atom. The molecule has 8 nitrogen and oxygen atoms in total. The zero-order valence-corrected chi connectivity index (χ0v) is 16.8. The first kappa shape index (κ1) is 20.3. The van der Waals surface area contributed by atoms with Crippen LogP contribution in [0.2, 0.25) is 0 Å². The number of ether oxygens (including phenoxy) is 1. The first-order valence-electron chi connectivity index (χ1n) is 10.5. The molecule has 2 aromatic heterocycles. The van der Waals surface area contributed by atoms with Crippen molar-refractivity contribution in [2.45, 2.75) is 56.8 Å². The summed E-state index contributed by atoms with van der Waals surface area (Å²) >= 11 is 0. The average molecular weight is 414 g/mol. The van der Waals surface area contributed by atoms with E-state index in [1.165, 1.54) is 0 Å². The highest BCUT2D eigenvalue weighted by Crippen LogP contribution is 2.27. The van der Waals surface area contributed by atoms with E-state index in [9.17, 15) is 9.18 Å². The number of nitrogens with one attached hydrogen (secondary N) is 1. The van der Waals surface area contributed by atoms with Crippen LogP contribution < -0.4 is 20.7 Å². The van der Waals surface area contributed by atoms with Gasteiger partial charge in [-0.2, -0.15) is 4.98 Å². The summed E-state index contributed by atoms with van der Waals surface area (Å²) in [4.78, 5) is 26.6. The van der Waals surface area contributed by atoms with Gasteiger partial charge in [0.15, 0.2) is 0 Å². The molecule has 1 amide bonds. The lowest BCUT2D eigenvalue weighted by Crippen LogP contribution is -2.37. The van der Waals surface area contributed by atoms with Crippen LogP contribution in [-0.2, 0) is 0 Å². The third-order valence-electron chi connectivity index (χ3n) is 5.65. The summed E-state index contributed by atoms with van der Waals surface area (Å²) < 4.78 is 19.7. The fraction of sp³-hybridized carbons (Fsp3) is 0.524. The molecule has 9 heteroatoms. The predicted molar refractivity (Wildman–Crippen MR) is 111 cm³/mol. The number of hydrogen-bond donors (Lipinski definition) is 2. The Bertz CT molecular complexity index is 874. The number of carbonyl (C=O) groups excluding carboxylic acids is 1. The second-order valence-corrected chi connectivity index (χ2v) is 7.88. The van der Waals surface area contributed by atoms with Crippen LogP contribution in [0.5, 0.6) is 5.88 Å². The van der Waals surface area contributed by atoms with Crippen molar-refractivity contribution in [2.24, 2.45) is 5.73 Å². The van der Waals surface area contributed by atoms with Gasteiger partial charge < -0.3 is 20.7 Å². The summed E-state index contributed by atoms with van der Waals surface area (Å²) in [7, 11) is 0. The van der Waals surface area contributed by atoms with Crippen LogP contribution in [0.4, 0.5) is 16.2 Å². The number of carbonyl (C=O) groups is 1. The molecule has 1 aliphatic carbocycles. The van der Waals surface area contributed by atoms with Crippen LogP contribution in [-0.4, -0.2) is 52.3 Å². The third-order valence-corrected chi connectivity index (χ3v) is 5.65. The molecule has 4 rings (SSSR count). The predicted octanol–water partition coefficient (Wildman–Crippen LogP) is 2.71. The summed E-state index contributed by atoms with van der Waals surface area (Å²) in [5.74, 6) is 1.09. The topological polar surface area (TPSA) is 106 Å². The molecule has 0 radical (unpaired) electrons. The molecule has 0 bridgehead atoms. The largest absolute Gasteiger partial charge is 0.474 e. The zero-order chi connectivity index (χ0) is 20.9. The molecule has 2 fully saturated rings. The van der Waals surface area contributed by atoms with E-state index >= 15 is 0 Å². The van der Waals surface area contributed by atoms with Crippen molar-refractivity contribution in [3.05, 3.63) is 36.2 Å². The molecule has 0 aromatic carbocycles. The number of primary amides is 1. The number of amides is 1. The van der Waals surface area contributed by atoms with Gasteiger partial charge in [-0.05, 0) is 56.7 Å². The first-order valence-corrected chi connectivity index (χ1v) is 10.5. The number of alkyl halides is 1. The second kappa shape index (κ2) is 9.23. The molecule has 1 aliphatic heterocycles. The summed E-state index contributed by atoms with van der Waals surface area (Å²) in [6, 6.07) is 5.35. The molecule has 30 heavy (non-hydrogen) atoms. The van der Waals surface area contributed by atoms with E-state index in [2.05, 4.69) is 20.3 Å². The van der Waals surface area contributed by atoms with Gasteiger partial charge >= 0.3 is 0 Å². The maximum Gasteiger partial charge on any atom is 0.254 e. The smallest absolute Gasteiger partial charge is 0.254 e. The van der Waals surface area contributed by atoms with Gasteiger partial charge in [-0.25, -0.2) is 14.4 Å². The number of nitrogens with zero attached hydrogens (tertiary/aromatic N) is 4. The van der Waals surface area contributed by atoms with Gasteiger partial charge in [0.1, 0.15) is 23.7 Å². The van der Waals surface area contributed by atoms with Gasteiger partial charge in [0.05, 0.1) is 6.54 Å². The number of nitrogens with two attached hydrogens (primary N) is 1. The molecule has 1 unspecified atom stereocenters. The van der Waals surface area contributed by atoms with Crippen molar-refractivity contribution < 1.29 is 13.9 Å². The van der Waals surface area contributed by atoms with Gasteiger partial charge in [0, 0.05) is 25.0 Å². The molecule has 0 spiro atoms. The van der Waals surface area contributed by atoms with E-state index in [0.717, 1.165) is 44.5 Å². The lowest BCUT2D eigenvalue weighted by Gasteiger charge is -2.31. The van der Waals surface area contributed by atoms with E-state index in [-0.39, 0.29) is 12.1 Å². The summed E-state index contributed by atoms with van der Waals surface area (Å²) in [5.41, 5.74) is 5.70. The average Bonchev–Trinajstić information content (AvgIpc) is 2.76. The van der Waals surface area contributed by atoms with Crippen LogP contribution in [0.1, 0.15) is 48.9 Å². The van der Waals surface area contributed by atoms with Gasteiger partial charge in [0.25, 0.3) is 5.91 Å². The minimum Gasteiger partial charge on any atom is -0.474 e. The van der Waals surface area contributed by atoms with Crippen molar-refractivity contribution in [3.8, 4) is 5.88 Å². The van der Waals surface area contributed by atoms with Crippen LogP contribution in [0.25, 0.3) is 0 Å². The Kier molecular flexibility index (Phi) is 6.25. The van der Waals surface area contributed by atoms with Crippen molar-refractivity contribution in [2.75, 3.05) is 23.3 Å². The van der Waals surface area contributed by atoms with Gasteiger partial charge in [-0.3, -0.25) is 4.79 Å². The van der Waals surface area contributed by atoms with Crippen LogP contribution in [0.15, 0.2) is 30.6 Å². The number of rotatable bonds is 6. The van der Waals surface area contributed by atoms with Crippen LogP contribution in [0.3, 0.4) is 0 Å². The highest BCUT2D eigenvalue weighted by molar-refractivity contribution is 5.94. The number of pyridine rings is 1. The summed E-state index contributed by atoms with van der Waals surface area (Å²) in [5, 5.41) is 3.40. The van der Waals surface area contributed by atoms with E-state index in [1.807, 2.05) is 11.0 Å². The maximum absolute atomic E-state index is 13.7. The Labute approximate surface area is 175 Å². The molecule has 3 heterocycles. The summed E-state index contributed by atoms with van der Waals surface area (Å²) in [6.45, 7) is 1.21. The summed E-state index contributed by atoms with van der Waals surface area (Å²) in [6.07, 6.45) is 7.36. The van der Waals surface area contributed by atoms with Gasteiger partial charge in [0.2, 0.25) is 11.8 Å². The Balaban J connectivity index is 1.31. The molecule has 160 valence electrons. The van der Waals surface area contributed by atoms with E-state index in [0.29, 0.717) is 30.4 Å². The molecule has 2 aliphatic rings. The second-order valence-electron chi connectivity index (χ2n) is 7.88. The molecule has 3 N–H and O–H groups in total. The molecular formula is C21H27FN6O2. The Morgan fingerprint density at radius 3 is 2.77 bits per heavy atom. The number of hydrogen-bond acceptors (Lipinski definition) is 7. The third kappa shape index (κ3) is 4.95. The highest BCUT2D eigenvalue weighted by Gasteiger charge is 2.25. The Morgan fingerprint density at radius 2 is 2.00 bits per heavy atom. The first-order chi connectivity index (χ1) is 14.6. The Hall–Kier alpha value is -2.97. The van der Waals surface area contributed by atoms with E-state index in [4.69, 9.17) is 10.5 Å². The molecule has 2 aromatic rings. The maximum atomic E-state index is 13.7. The minimum atomic E-state index is -0.797. The standard InChI is InChI=1S/C21H27FN6O2/c22-14-3-2-12-28(13-14)18-9-11-25-21(27-18)26-15-5-7-16(8-6-15)30-20-17(19(23)29)4-1-10-24-20/h1,4,9-11,14-16H,2-3,5-8,12-13H2,(H2,23,29)(H,25,26,27). The molecule has 1 saturated heterocycles. The molecular weight excluding hydrogens is 387 g/mol. The van der Waals surface area contributed by atoms with Gasteiger partial charge in [-0.15, -0.1) is 0 Å². The molecule has 1 saturated carbocycles. The highest BCUT2D eigenvalue weighted by atomic mass is 19.1. The fourth-order valence-corrected chi connectivity index (χ4v) is 4.07. The SMILES string of the molecule is NC(=O)c1cccnc1OC1CCC(Nc2nccc(N3CCCC(F)C3)n2)CC1. The van der Waals surface area contributed by atoms with E-state index in [1.54, 1.807) is 24.5 Å². The van der Waals surface area contributed by atoms with Crippen LogP contribution in [0, 0.1) is 0 Å². The number of anilines is 2. The monoisotopic (exact) mass is 414 g/mol. The lowest BCUT2D eigenvalue weighted by molar-refractivity contribution is 0.0983. The zero-order valence-electron chi connectivity index (χ0n) is 16.8. The lowest BCUT2D eigenvalue weighted by atomic mass is 9.93. The number of piperidine rings is 1. The van der Waals surface area contributed by atoms with E-state index < -0.39 is 12.1 Å². The quantitative estimate of drug-likeness (QED) is 0.748. The van der Waals surface area contributed by atoms with Crippen molar-refractivity contribution in [3.63, 3.8) is 0 Å². The van der Waals surface area contributed by atoms with Crippen LogP contribution >= 0.6 is 0 Å².